The summed E-state index contributed by atoms with van der Waals surface area (Å²) in [5.41, 5.74) is 8.67. The van der Waals surface area contributed by atoms with E-state index in [0.717, 1.165) is 11.1 Å². The van der Waals surface area contributed by atoms with Gasteiger partial charge in [0.15, 0.2) is 0 Å². The highest BCUT2D eigenvalue weighted by Gasteiger charge is 2.07. The molecule has 5 heteroatoms. The number of carbonyl (C=O) groups excluding carboxylic acids is 1. The number of nitroso groups, excluding NO2 is 1. The third-order valence-electron chi connectivity index (χ3n) is 2.94. The van der Waals surface area contributed by atoms with Crippen molar-refractivity contribution in [2.45, 2.75) is 13.8 Å². The third-order valence-corrected chi connectivity index (χ3v) is 2.94. The molecule has 102 valence electrons. The lowest BCUT2D eigenvalue weighted by atomic mass is 10.1. The van der Waals surface area contributed by atoms with Crippen molar-refractivity contribution < 1.29 is 4.79 Å². The summed E-state index contributed by atoms with van der Waals surface area (Å²) >= 11 is 0. The van der Waals surface area contributed by atoms with Gasteiger partial charge in [-0.3, -0.25) is 15.6 Å². The molecular weight excluding hydrogens is 254 g/mol. The molecule has 0 aliphatic carbocycles. The second-order valence-corrected chi connectivity index (χ2v) is 4.50. The summed E-state index contributed by atoms with van der Waals surface area (Å²) in [6.07, 6.45) is 0. The predicted octanol–water partition coefficient (Wildman–Crippen LogP) is 3.46. The van der Waals surface area contributed by atoms with E-state index in [4.69, 9.17) is 0 Å². The van der Waals surface area contributed by atoms with Crippen LogP contribution in [-0.2, 0) is 0 Å². The van der Waals surface area contributed by atoms with Crippen LogP contribution in [0.2, 0.25) is 0 Å². The van der Waals surface area contributed by atoms with E-state index in [0.29, 0.717) is 16.9 Å². The van der Waals surface area contributed by atoms with Crippen LogP contribution in [-0.4, -0.2) is 5.91 Å². The van der Waals surface area contributed by atoms with Gasteiger partial charge in [-0.25, -0.2) is 0 Å². The van der Waals surface area contributed by atoms with Gasteiger partial charge in [0.05, 0.1) is 5.69 Å². The number of carbonyl (C=O) groups is 1. The van der Waals surface area contributed by atoms with Gasteiger partial charge < -0.3 is 0 Å². The maximum atomic E-state index is 11.9. The highest BCUT2D eigenvalue weighted by molar-refractivity contribution is 5.94. The molecule has 20 heavy (non-hydrogen) atoms. The molecule has 0 aromatic heterocycles. The van der Waals surface area contributed by atoms with Gasteiger partial charge in [0.25, 0.3) is 5.91 Å². The van der Waals surface area contributed by atoms with E-state index in [1.807, 2.05) is 6.07 Å². The lowest BCUT2D eigenvalue weighted by Gasteiger charge is -2.11. The topological polar surface area (TPSA) is 70.6 Å². The molecule has 0 heterocycles. The Morgan fingerprint density at radius 3 is 2.20 bits per heavy atom. The summed E-state index contributed by atoms with van der Waals surface area (Å²) in [7, 11) is 0. The van der Waals surface area contributed by atoms with Gasteiger partial charge >= 0.3 is 0 Å². The Morgan fingerprint density at radius 2 is 1.65 bits per heavy atom. The van der Waals surface area contributed by atoms with Crippen molar-refractivity contribution in [2.75, 3.05) is 5.43 Å². The second kappa shape index (κ2) is 5.97. The molecule has 0 radical (unpaired) electrons. The van der Waals surface area contributed by atoms with Crippen molar-refractivity contribution in [1.82, 2.24) is 5.43 Å². The largest absolute Gasteiger partial charge is 0.298 e. The van der Waals surface area contributed by atoms with Crippen LogP contribution in [0, 0.1) is 18.8 Å². The van der Waals surface area contributed by atoms with E-state index < -0.39 is 0 Å². The number of rotatable bonds is 4. The third kappa shape index (κ3) is 3.00. The Kier molecular flexibility index (Phi) is 4.10. The van der Waals surface area contributed by atoms with E-state index >= 15 is 0 Å². The van der Waals surface area contributed by atoms with Gasteiger partial charge in [0, 0.05) is 5.56 Å². The average Bonchev–Trinajstić information content (AvgIpc) is 2.45. The molecule has 5 nitrogen and oxygen atoms in total. The van der Waals surface area contributed by atoms with Gasteiger partial charge in [-0.2, -0.15) is 0 Å². The molecule has 0 aliphatic rings. The molecule has 0 fully saturated rings. The van der Waals surface area contributed by atoms with Crippen molar-refractivity contribution in [1.29, 1.82) is 0 Å². The van der Waals surface area contributed by atoms with Crippen LogP contribution >= 0.6 is 0 Å². The van der Waals surface area contributed by atoms with Crippen LogP contribution in [0.15, 0.2) is 47.6 Å². The molecule has 0 spiro atoms. The first-order valence-electron chi connectivity index (χ1n) is 6.18. The van der Waals surface area contributed by atoms with Crippen molar-refractivity contribution in [2.24, 2.45) is 5.18 Å². The van der Waals surface area contributed by atoms with Crippen LogP contribution in [0.25, 0.3) is 0 Å². The molecule has 2 aromatic carbocycles. The summed E-state index contributed by atoms with van der Waals surface area (Å²) in [4.78, 5) is 22.5. The molecule has 2 rings (SSSR count). The SMILES string of the molecule is Cc1cc(NNC(=O)c2ccccc2)cc(C)c1N=O. The van der Waals surface area contributed by atoms with E-state index in [-0.39, 0.29) is 5.91 Å². The first-order chi connectivity index (χ1) is 9.61. The van der Waals surface area contributed by atoms with E-state index in [9.17, 15) is 9.70 Å². The standard InChI is InChI=1S/C15H15N3O2/c1-10-8-13(9-11(2)14(10)18-20)16-17-15(19)12-6-4-3-5-7-12/h3-9,16H,1-2H3,(H,17,19). The molecule has 0 bridgehead atoms. The summed E-state index contributed by atoms with van der Waals surface area (Å²) in [5, 5.41) is 2.99. The molecule has 0 unspecified atom stereocenters. The predicted molar refractivity (Wildman–Crippen MR) is 78.9 cm³/mol. The molecule has 0 saturated carbocycles. The van der Waals surface area contributed by atoms with Gasteiger partial charge in [-0.1, -0.05) is 18.2 Å². The van der Waals surface area contributed by atoms with Crippen molar-refractivity contribution in [3.05, 3.63) is 64.1 Å². The van der Waals surface area contributed by atoms with E-state index in [2.05, 4.69) is 16.0 Å². The number of amides is 1. The quantitative estimate of drug-likeness (QED) is 0.659. The first kappa shape index (κ1) is 13.7. The number of anilines is 1. The van der Waals surface area contributed by atoms with E-state index in [1.165, 1.54) is 0 Å². The fourth-order valence-corrected chi connectivity index (χ4v) is 1.96. The molecular formula is C15H15N3O2. The summed E-state index contributed by atoms with van der Waals surface area (Å²) in [5.74, 6) is -0.224. The number of benzene rings is 2. The van der Waals surface area contributed by atoms with Crippen LogP contribution < -0.4 is 10.9 Å². The lowest BCUT2D eigenvalue weighted by Crippen LogP contribution is -2.29. The van der Waals surface area contributed by atoms with Crippen molar-refractivity contribution in [3.63, 3.8) is 0 Å². The van der Waals surface area contributed by atoms with Gasteiger partial charge in [0.2, 0.25) is 0 Å². The minimum Gasteiger partial charge on any atom is -0.298 e. The zero-order chi connectivity index (χ0) is 14.5. The minimum absolute atomic E-state index is 0.224. The highest BCUT2D eigenvalue weighted by atomic mass is 16.3. The maximum absolute atomic E-state index is 11.9. The van der Waals surface area contributed by atoms with Gasteiger partial charge in [-0.15, -0.1) is 4.91 Å². The molecule has 0 saturated heterocycles. The second-order valence-electron chi connectivity index (χ2n) is 4.50. The Morgan fingerprint density at radius 1 is 1.05 bits per heavy atom. The lowest BCUT2D eigenvalue weighted by molar-refractivity contribution is 0.0962. The van der Waals surface area contributed by atoms with Crippen LogP contribution in [0.5, 0.6) is 0 Å². The number of nitrogens with one attached hydrogen (secondary N) is 2. The highest BCUT2D eigenvalue weighted by Crippen LogP contribution is 2.26. The molecule has 2 aromatic rings. The number of nitrogens with zero attached hydrogens (tertiary/aromatic N) is 1. The molecule has 0 aliphatic heterocycles. The van der Waals surface area contributed by atoms with E-state index in [1.54, 1.807) is 50.2 Å². The summed E-state index contributed by atoms with van der Waals surface area (Å²) < 4.78 is 0. The number of hydrogen-bond acceptors (Lipinski definition) is 4. The van der Waals surface area contributed by atoms with Gasteiger partial charge in [0.1, 0.15) is 5.69 Å². The summed E-state index contributed by atoms with van der Waals surface area (Å²) in [6.45, 7) is 3.60. The Hall–Kier alpha value is -2.69. The van der Waals surface area contributed by atoms with Crippen LogP contribution in [0.4, 0.5) is 11.4 Å². The van der Waals surface area contributed by atoms with Crippen molar-refractivity contribution >= 4 is 17.3 Å². The van der Waals surface area contributed by atoms with Crippen molar-refractivity contribution in [3.8, 4) is 0 Å². The maximum Gasteiger partial charge on any atom is 0.269 e. The monoisotopic (exact) mass is 269 g/mol. The number of aryl methyl sites for hydroxylation is 2. The smallest absolute Gasteiger partial charge is 0.269 e. The molecule has 1 amide bonds. The normalized spacial score (nSPS) is 9.90. The zero-order valence-corrected chi connectivity index (χ0v) is 11.3. The number of hydrazine groups is 1. The fourth-order valence-electron chi connectivity index (χ4n) is 1.96. The Bertz CT molecular complexity index is 616. The van der Waals surface area contributed by atoms with Crippen LogP contribution in [0.1, 0.15) is 21.5 Å². The van der Waals surface area contributed by atoms with Crippen LogP contribution in [0.3, 0.4) is 0 Å². The zero-order valence-electron chi connectivity index (χ0n) is 11.3. The Balaban J connectivity index is 2.08. The Labute approximate surface area is 117 Å². The van der Waals surface area contributed by atoms with Gasteiger partial charge in [-0.05, 0) is 54.4 Å². The minimum atomic E-state index is -0.224. The summed E-state index contributed by atoms with van der Waals surface area (Å²) in [6, 6.07) is 12.4. The molecule has 2 N–H and O–H groups in total. The average molecular weight is 269 g/mol. The number of hydrogen-bond donors (Lipinski definition) is 2. The first-order valence-corrected chi connectivity index (χ1v) is 6.18. The fraction of sp³-hybridized carbons (Fsp3) is 0.133. The molecule has 0 atom stereocenters.